The summed E-state index contributed by atoms with van der Waals surface area (Å²) in [6.45, 7) is 4.08. The molecule has 0 saturated carbocycles. The zero-order valence-electron chi connectivity index (χ0n) is 17.8. The van der Waals surface area contributed by atoms with Crippen LogP contribution < -0.4 is 0 Å². The Balaban J connectivity index is 1.46. The zero-order chi connectivity index (χ0) is 21.5. The van der Waals surface area contributed by atoms with E-state index in [1.807, 2.05) is 41.3 Å². The highest BCUT2D eigenvalue weighted by Crippen LogP contribution is 2.23. The molecule has 0 bridgehead atoms. The van der Waals surface area contributed by atoms with Crippen molar-refractivity contribution < 1.29 is 4.79 Å². The van der Waals surface area contributed by atoms with Crippen molar-refractivity contribution >= 4 is 21.8 Å². The topological polar surface area (TPSA) is 23.6 Å². The first-order valence-corrected chi connectivity index (χ1v) is 11.8. The first-order chi connectivity index (χ1) is 15.2. The van der Waals surface area contributed by atoms with Gasteiger partial charge < -0.3 is 4.90 Å². The van der Waals surface area contributed by atoms with Crippen LogP contribution in [-0.2, 0) is 24.4 Å². The van der Waals surface area contributed by atoms with Crippen molar-refractivity contribution in [3.8, 4) is 0 Å². The average molecular weight is 477 g/mol. The summed E-state index contributed by atoms with van der Waals surface area (Å²) in [4.78, 5) is 18.1. The number of nitrogens with zero attached hydrogens (tertiary/aromatic N) is 2. The average Bonchev–Trinajstić information content (AvgIpc) is 2.81. The van der Waals surface area contributed by atoms with Crippen LogP contribution in [0.25, 0.3) is 0 Å². The Morgan fingerprint density at radius 3 is 2.00 bits per heavy atom. The van der Waals surface area contributed by atoms with E-state index >= 15 is 0 Å². The summed E-state index contributed by atoms with van der Waals surface area (Å²) in [5.74, 6) is 0.324. The third kappa shape index (κ3) is 6.28. The fourth-order valence-electron chi connectivity index (χ4n) is 4.33. The molecular weight excluding hydrogens is 448 g/mol. The number of likely N-dealkylation sites (tertiary alicyclic amines) is 1. The number of halogens is 1. The molecule has 3 nitrogen and oxygen atoms in total. The molecule has 31 heavy (non-hydrogen) atoms. The number of carbonyl (C=O) groups is 1. The Hall–Kier alpha value is -2.43. The van der Waals surface area contributed by atoms with Crippen molar-refractivity contribution in [2.75, 3.05) is 13.1 Å². The molecule has 0 radical (unpaired) electrons. The van der Waals surface area contributed by atoms with Crippen LogP contribution in [0.4, 0.5) is 0 Å². The summed E-state index contributed by atoms with van der Waals surface area (Å²) in [5.41, 5.74) is 3.64. The predicted octanol–water partition coefficient (Wildman–Crippen LogP) is 5.89. The molecule has 1 heterocycles. The smallest absolute Gasteiger partial charge is 0.227 e. The monoisotopic (exact) mass is 476 g/mol. The van der Waals surface area contributed by atoms with Crippen LogP contribution in [0.3, 0.4) is 0 Å². The van der Waals surface area contributed by atoms with Gasteiger partial charge in [0.15, 0.2) is 0 Å². The van der Waals surface area contributed by atoms with Gasteiger partial charge in [0.1, 0.15) is 0 Å². The highest BCUT2D eigenvalue weighted by atomic mass is 79.9. The van der Waals surface area contributed by atoms with E-state index < -0.39 is 0 Å². The second-order valence-electron chi connectivity index (χ2n) is 8.37. The molecule has 1 fully saturated rings. The Labute approximate surface area is 193 Å². The van der Waals surface area contributed by atoms with Gasteiger partial charge in [-0.15, -0.1) is 0 Å². The lowest BCUT2D eigenvalue weighted by molar-refractivity contribution is -0.138. The van der Waals surface area contributed by atoms with Crippen LogP contribution in [0.15, 0.2) is 89.4 Å². The highest BCUT2D eigenvalue weighted by Gasteiger charge is 2.29. The van der Waals surface area contributed by atoms with E-state index in [-0.39, 0.29) is 11.8 Å². The standard InChI is InChI=1S/C27H29BrN2O/c28-26-15-13-24(14-16-26)18-29-17-7-12-25(21-29)27(31)30(19-22-8-3-1-4-9-22)20-23-10-5-2-6-11-23/h1-6,8-11,13-16,25H,7,12,17-21H2. The van der Waals surface area contributed by atoms with Crippen LogP contribution in [0.2, 0.25) is 0 Å². The minimum Gasteiger partial charge on any atom is -0.334 e. The summed E-state index contributed by atoms with van der Waals surface area (Å²) in [6, 6.07) is 29.1. The summed E-state index contributed by atoms with van der Waals surface area (Å²) < 4.78 is 1.10. The lowest BCUT2D eigenvalue weighted by Crippen LogP contribution is -2.44. The van der Waals surface area contributed by atoms with Gasteiger partial charge in [0.2, 0.25) is 5.91 Å². The minimum absolute atomic E-state index is 0.0524. The number of carbonyl (C=O) groups excluding carboxylic acids is 1. The highest BCUT2D eigenvalue weighted by molar-refractivity contribution is 9.10. The van der Waals surface area contributed by atoms with Crippen molar-refractivity contribution in [1.29, 1.82) is 0 Å². The third-order valence-electron chi connectivity index (χ3n) is 5.92. The number of rotatable bonds is 7. The van der Waals surface area contributed by atoms with E-state index in [9.17, 15) is 4.79 Å². The quantitative estimate of drug-likeness (QED) is 0.424. The van der Waals surface area contributed by atoms with E-state index in [1.165, 1.54) is 16.7 Å². The second kappa shape index (κ2) is 10.7. The molecular formula is C27H29BrN2O. The molecule has 1 aliphatic heterocycles. The number of hydrogen-bond donors (Lipinski definition) is 0. The van der Waals surface area contributed by atoms with Gasteiger partial charge in [-0.2, -0.15) is 0 Å². The molecule has 0 spiro atoms. The molecule has 3 aromatic carbocycles. The molecule has 0 aromatic heterocycles. The first-order valence-electron chi connectivity index (χ1n) is 11.0. The van der Waals surface area contributed by atoms with Crippen LogP contribution in [0.1, 0.15) is 29.5 Å². The van der Waals surface area contributed by atoms with Gasteiger partial charge in [0.05, 0.1) is 5.92 Å². The number of benzene rings is 3. The molecule has 1 aliphatic rings. The van der Waals surface area contributed by atoms with Crippen LogP contribution in [0, 0.1) is 5.92 Å². The molecule has 160 valence electrons. The van der Waals surface area contributed by atoms with Crippen molar-refractivity contribution in [2.45, 2.75) is 32.5 Å². The number of hydrogen-bond acceptors (Lipinski definition) is 2. The summed E-state index contributed by atoms with van der Waals surface area (Å²) >= 11 is 3.51. The Kier molecular flexibility index (Phi) is 7.55. The molecule has 1 atom stereocenters. The summed E-state index contributed by atoms with van der Waals surface area (Å²) in [6.07, 6.45) is 2.03. The molecule has 1 amide bonds. The largest absolute Gasteiger partial charge is 0.334 e. The van der Waals surface area contributed by atoms with Crippen LogP contribution in [0.5, 0.6) is 0 Å². The van der Waals surface area contributed by atoms with Gasteiger partial charge in [0.25, 0.3) is 0 Å². The fourth-order valence-corrected chi connectivity index (χ4v) is 4.59. The van der Waals surface area contributed by atoms with Crippen molar-refractivity contribution in [1.82, 2.24) is 9.80 Å². The maximum atomic E-state index is 13.6. The van der Waals surface area contributed by atoms with Crippen molar-refractivity contribution in [3.63, 3.8) is 0 Å². The number of piperidine rings is 1. The van der Waals surface area contributed by atoms with Gasteiger partial charge in [-0.05, 0) is 48.2 Å². The Bertz CT molecular complexity index is 918. The summed E-state index contributed by atoms with van der Waals surface area (Å²) in [7, 11) is 0. The van der Waals surface area contributed by atoms with Gasteiger partial charge >= 0.3 is 0 Å². The molecule has 0 aliphatic carbocycles. The normalized spacial score (nSPS) is 16.7. The van der Waals surface area contributed by atoms with E-state index in [1.54, 1.807) is 0 Å². The Morgan fingerprint density at radius 2 is 1.42 bits per heavy atom. The van der Waals surface area contributed by atoms with Crippen molar-refractivity contribution in [2.24, 2.45) is 5.92 Å². The summed E-state index contributed by atoms with van der Waals surface area (Å²) in [5, 5.41) is 0. The predicted molar refractivity (Wildman–Crippen MR) is 129 cm³/mol. The van der Waals surface area contributed by atoms with Crippen molar-refractivity contribution in [3.05, 3.63) is 106 Å². The van der Waals surface area contributed by atoms with E-state index in [4.69, 9.17) is 0 Å². The van der Waals surface area contributed by atoms with Crippen LogP contribution >= 0.6 is 15.9 Å². The lowest BCUT2D eigenvalue weighted by Gasteiger charge is -2.35. The SMILES string of the molecule is O=C(C1CCCN(Cc2ccc(Br)cc2)C1)N(Cc1ccccc1)Cc1ccccc1. The molecule has 1 saturated heterocycles. The number of amides is 1. The van der Waals surface area contributed by atoms with E-state index in [0.29, 0.717) is 13.1 Å². The fraction of sp³-hybridized carbons (Fsp3) is 0.296. The molecule has 4 heteroatoms. The molecule has 0 N–H and O–H groups in total. The third-order valence-corrected chi connectivity index (χ3v) is 6.45. The first kappa shape index (κ1) is 21.8. The zero-order valence-corrected chi connectivity index (χ0v) is 19.4. The van der Waals surface area contributed by atoms with Gasteiger partial charge in [-0.25, -0.2) is 0 Å². The van der Waals surface area contributed by atoms with E-state index in [0.717, 1.165) is 36.9 Å². The van der Waals surface area contributed by atoms with Gasteiger partial charge in [-0.3, -0.25) is 9.69 Å². The second-order valence-corrected chi connectivity index (χ2v) is 9.28. The molecule has 3 aromatic rings. The minimum atomic E-state index is 0.0524. The Morgan fingerprint density at radius 1 is 0.839 bits per heavy atom. The maximum Gasteiger partial charge on any atom is 0.227 e. The lowest BCUT2D eigenvalue weighted by atomic mass is 9.95. The van der Waals surface area contributed by atoms with Gasteiger partial charge in [0, 0.05) is 30.7 Å². The van der Waals surface area contributed by atoms with E-state index in [2.05, 4.69) is 69.4 Å². The molecule has 1 unspecified atom stereocenters. The maximum absolute atomic E-state index is 13.6. The van der Waals surface area contributed by atoms with Gasteiger partial charge in [-0.1, -0.05) is 88.7 Å². The van der Waals surface area contributed by atoms with Crippen LogP contribution in [-0.4, -0.2) is 28.8 Å². The molecule has 4 rings (SSSR count).